The lowest BCUT2D eigenvalue weighted by atomic mass is 10.2. The summed E-state index contributed by atoms with van der Waals surface area (Å²) < 4.78 is 5.49. The zero-order valence-corrected chi connectivity index (χ0v) is 10.6. The third kappa shape index (κ3) is 2.72. The Balaban J connectivity index is 1.37. The fourth-order valence-electron chi connectivity index (χ4n) is 2.37. The van der Waals surface area contributed by atoms with E-state index in [1.807, 2.05) is 0 Å². The average Bonchev–Trinajstić information content (AvgIpc) is 3.22. The van der Waals surface area contributed by atoms with Gasteiger partial charge in [-0.1, -0.05) is 0 Å². The van der Waals surface area contributed by atoms with E-state index in [4.69, 9.17) is 4.74 Å². The zero-order chi connectivity index (χ0) is 12.5. The highest BCUT2D eigenvalue weighted by molar-refractivity contribution is 6.06. The molecule has 1 heterocycles. The van der Waals surface area contributed by atoms with Gasteiger partial charge in [-0.3, -0.25) is 14.5 Å². The van der Waals surface area contributed by atoms with E-state index in [9.17, 15) is 9.59 Å². The van der Waals surface area contributed by atoms with Crippen molar-refractivity contribution in [3.05, 3.63) is 0 Å². The molecule has 2 saturated carbocycles. The molecule has 0 aromatic rings. The second-order valence-corrected chi connectivity index (χ2v) is 5.56. The molecule has 0 aromatic heterocycles. The van der Waals surface area contributed by atoms with E-state index in [1.54, 1.807) is 0 Å². The molecule has 3 rings (SSSR count). The Hall–Kier alpha value is -0.940. The van der Waals surface area contributed by atoms with Crippen molar-refractivity contribution in [3.8, 4) is 0 Å². The molecule has 2 amide bonds. The average molecular weight is 252 g/mol. The highest BCUT2D eigenvalue weighted by Crippen LogP contribution is 2.31. The van der Waals surface area contributed by atoms with E-state index >= 15 is 0 Å². The smallest absolute Gasteiger partial charge is 0.247 e. The Kier molecular flexibility index (Phi) is 3.35. The fraction of sp³-hybridized carbons (Fsp3) is 0.846. The second kappa shape index (κ2) is 4.97. The van der Waals surface area contributed by atoms with Crippen molar-refractivity contribution in [2.75, 3.05) is 19.8 Å². The van der Waals surface area contributed by atoms with Crippen molar-refractivity contribution in [2.45, 2.75) is 44.2 Å². The highest BCUT2D eigenvalue weighted by atomic mass is 16.5. The number of nitrogens with one attached hydrogen (secondary N) is 1. The first-order valence-electron chi connectivity index (χ1n) is 6.92. The molecule has 0 spiro atoms. The Labute approximate surface area is 107 Å². The van der Waals surface area contributed by atoms with Crippen molar-refractivity contribution >= 4 is 11.8 Å². The third-order valence-corrected chi connectivity index (χ3v) is 3.78. The number of carbonyl (C=O) groups excluding carboxylic acids is 2. The number of hydrogen-bond acceptors (Lipinski definition) is 4. The highest BCUT2D eigenvalue weighted by Gasteiger charge is 2.45. The summed E-state index contributed by atoms with van der Waals surface area (Å²) >= 11 is 0. The van der Waals surface area contributed by atoms with Gasteiger partial charge in [0.25, 0.3) is 0 Å². The van der Waals surface area contributed by atoms with Crippen LogP contribution < -0.4 is 5.32 Å². The van der Waals surface area contributed by atoms with Crippen LogP contribution in [-0.2, 0) is 14.3 Å². The summed E-state index contributed by atoms with van der Waals surface area (Å²) in [5.74, 6) is 0.716. The van der Waals surface area contributed by atoms with E-state index in [1.165, 1.54) is 17.7 Å². The van der Waals surface area contributed by atoms with Crippen LogP contribution in [0.4, 0.5) is 0 Å². The lowest BCUT2D eigenvalue weighted by molar-refractivity contribution is -0.139. The lowest BCUT2D eigenvalue weighted by Gasteiger charge is -2.14. The summed E-state index contributed by atoms with van der Waals surface area (Å²) in [7, 11) is 0. The first-order valence-corrected chi connectivity index (χ1v) is 6.92. The van der Waals surface area contributed by atoms with Crippen LogP contribution in [-0.4, -0.2) is 48.6 Å². The number of amides is 2. The van der Waals surface area contributed by atoms with E-state index < -0.39 is 0 Å². The number of imide groups is 1. The first-order chi connectivity index (χ1) is 8.75. The van der Waals surface area contributed by atoms with Crippen molar-refractivity contribution in [2.24, 2.45) is 5.92 Å². The van der Waals surface area contributed by atoms with Crippen LogP contribution in [0.25, 0.3) is 0 Å². The number of ether oxygens (including phenoxy) is 1. The van der Waals surface area contributed by atoms with Gasteiger partial charge in [0.15, 0.2) is 0 Å². The molecular formula is C13H20N2O3. The number of likely N-dealkylation sites (tertiary alicyclic amines) is 1. The second-order valence-electron chi connectivity index (χ2n) is 5.56. The van der Waals surface area contributed by atoms with Gasteiger partial charge >= 0.3 is 0 Å². The number of rotatable bonds is 7. The SMILES string of the molecule is O=C1CC(NCCOCC2CC2)C(=O)N1C1CC1. The fourth-order valence-corrected chi connectivity index (χ4v) is 2.37. The summed E-state index contributed by atoms with van der Waals surface area (Å²) in [5.41, 5.74) is 0. The minimum atomic E-state index is -0.317. The zero-order valence-electron chi connectivity index (χ0n) is 10.6. The van der Waals surface area contributed by atoms with Gasteiger partial charge < -0.3 is 10.1 Å². The van der Waals surface area contributed by atoms with Crippen molar-refractivity contribution in [3.63, 3.8) is 0 Å². The summed E-state index contributed by atoms with van der Waals surface area (Å²) in [4.78, 5) is 25.1. The summed E-state index contributed by atoms with van der Waals surface area (Å²) in [6, 6.07) is -0.120. The van der Waals surface area contributed by atoms with Gasteiger partial charge in [0.05, 0.1) is 19.1 Å². The minimum absolute atomic E-state index is 0.0149. The van der Waals surface area contributed by atoms with Gasteiger partial charge in [0, 0.05) is 19.2 Å². The maximum absolute atomic E-state index is 12.0. The van der Waals surface area contributed by atoms with Gasteiger partial charge in [-0.2, -0.15) is 0 Å². The number of hydrogen-bond donors (Lipinski definition) is 1. The normalized spacial score (nSPS) is 28.2. The Morgan fingerprint density at radius 3 is 2.67 bits per heavy atom. The molecule has 0 bridgehead atoms. The summed E-state index contributed by atoms with van der Waals surface area (Å²) in [5, 5.41) is 3.13. The van der Waals surface area contributed by atoms with Gasteiger partial charge in [0.1, 0.15) is 0 Å². The summed E-state index contributed by atoms with van der Waals surface area (Å²) in [6.07, 6.45) is 4.86. The molecule has 5 heteroatoms. The number of carbonyl (C=O) groups is 2. The molecule has 100 valence electrons. The largest absolute Gasteiger partial charge is 0.380 e. The minimum Gasteiger partial charge on any atom is -0.380 e. The van der Waals surface area contributed by atoms with Gasteiger partial charge in [-0.05, 0) is 31.6 Å². The van der Waals surface area contributed by atoms with Crippen molar-refractivity contribution in [1.82, 2.24) is 10.2 Å². The predicted octanol–water partition coefficient (Wildman–Crippen LogP) is 0.293. The first kappa shape index (κ1) is 12.1. The summed E-state index contributed by atoms with van der Waals surface area (Å²) in [6.45, 7) is 2.11. The lowest BCUT2D eigenvalue weighted by Crippen LogP contribution is -2.40. The van der Waals surface area contributed by atoms with Crippen LogP contribution in [0.2, 0.25) is 0 Å². The van der Waals surface area contributed by atoms with Gasteiger partial charge in [-0.25, -0.2) is 0 Å². The molecule has 1 atom stereocenters. The Bertz CT molecular complexity index is 350. The molecule has 1 N–H and O–H groups in total. The molecule has 1 unspecified atom stereocenters. The molecule has 3 fully saturated rings. The van der Waals surface area contributed by atoms with Crippen LogP contribution in [0.1, 0.15) is 32.1 Å². The quantitative estimate of drug-likeness (QED) is 0.523. The predicted molar refractivity (Wildman–Crippen MR) is 64.8 cm³/mol. The molecule has 1 aliphatic heterocycles. The Morgan fingerprint density at radius 2 is 2.00 bits per heavy atom. The maximum atomic E-state index is 12.0. The van der Waals surface area contributed by atoms with Crippen LogP contribution in [0, 0.1) is 5.92 Å². The van der Waals surface area contributed by atoms with Gasteiger partial charge in [0.2, 0.25) is 11.8 Å². The van der Waals surface area contributed by atoms with E-state index in [2.05, 4.69) is 5.32 Å². The van der Waals surface area contributed by atoms with E-state index in [-0.39, 0.29) is 23.9 Å². The van der Waals surface area contributed by atoms with Crippen LogP contribution >= 0.6 is 0 Å². The van der Waals surface area contributed by atoms with E-state index in [0.717, 1.165) is 25.4 Å². The molecule has 18 heavy (non-hydrogen) atoms. The molecular weight excluding hydrogens is 232 g/mol. The third-order valence-electron chi connectivity index (χ3n) is 3.78. The van der Waals surface area contributed by atoms with E-state index in [0.29, 0.717) is 19.6 Å². The molecule has 2 aliphatic carbocycles. The maximum Gasteiger partial charge on any atom is 0.247 e. The Morgan fingerprint density at radius 1 is 1.22 bits per heavy atom. The monoisotopic (exact) mass is 252 g/mol. The van der Waals surface area contributed by atoms with Gasteiger partial charge in [-0.15, -0.1) is 0 Å². The number of nitrogens with zero attached hydrogens (tertiary/aromatic N) is 1. The molecule has 0 radical (unpaired) electrons. The molecule has 1 saturated heterocycles. The topological polar surface area (TPSA) is 58.6 Å². The molecule has 3 aliphatic rings. The van der Waals surface area contributed by atoms with Crippen LogP contribution in [0.15, 0.2) is 0 Å². The van der Waals surface area contributed by atoms with Crippen LogP contribution in [0.3, 0.4) is 0 Å². The van der Waals surface area contributed by atoms with Crippen molar-refractivity contribution < 1.29 is 14.3 Å². The molecule has 0 aromatic carbocycles. The van der Waals surface area contributed by atoms with Crippen molar-refractivity contribution in [1.29, 1.82) is 0 Å². The standard InChI is InChI=1S/C13H20N2O3/c16-12-7-11(13(17)15(12)10-3-4-10)14-5-6-18-8-9-1-2-9/h9-11,14H,1-8H2. The molecule has 5 nitrogen and oxygen atoms in total. The van der Waals surface area contributed by atoms with Crippen LogP contribution in [0.5, 0.6) is 0 Å².